The van der Waals surface area contributed by atoms with Crippen LogP contribution in [0.5, 0.6) is 0 Å². The van der Waals surface area contributed by atoms with Gasteiger partial charge in [-0.05, 0) is 36.2 Å². The first kappa shape index (κ1) is 23.8. The topological polar surface area (TPSA) is 118 Å². The minimum Gasteiger partial charge on any atom is -0.351 e. The SMILES string of the molecule is Cc1cccc(-n2c(CC3CC(=O)NC(=O)N3)nnc2SCC(=O)NCc2ccccc2Cl)c1. The van der Waals surface area contributed by atoms with Gasteiger partial charge in [0.2, 0.25) is 11.8 Å². The van der Waals surface area contributed by atoms with Crippen molar-refractivity contribution in [3.8, 4) is 5.69 Å². The number of thioether (sulfide) groups is 1. The van der Waals surface area contributed by atoms with Crippen LogP contribution in [0, 0.1) is 6.92 Å². The minimum atomic E-state index is -0.521. The van der Waals surface area contributed by atoms with Gasteiger partial charge in [0.15, 0.2) is 5.16 Å². The van der Waals surface area contributed by atoms with Gasteiger partial charge in [-0.2, -0.15) is 0 Å². The molecule has 1 unspecified atom stereocenters. The lowest BCUT2D eigenvalue weighted by atomic mass is 10.1. The highest BCUT2D eigenvalue weighted by atomic mass is 35.5. The van der Waals surface area contributed by atoms with Gasteiger partial charge in [0.1, 0.15) is 5.82 Å². The summed E-state index contributed by atoms with van der Waals surface area (Å²) in [5, 5.41) is 17.6. The third-order valence-corrected chi connectivity index (χ3v) is 6.47. The number of benzene rings is 2. The number of carbonyl (C=O) groups is 3. The monoisotopic (exact) mass is 498 g/mol. The predicted molar refractivity (Wildman–Crippen MR) is 129 cm³/mol. The fraction of sp³-hybridized carbons (Fsp3) is 0.261. The van der Waals surface area contributed by atoms with E-state index in [4.69, 9.17) is 11.6 Å². The summed E-state index contributed by atoms with van der Waals surface area (Å²) in [6, 6.07) is 14.2. The number of nitrogens with one attached hydrogen (secondary N) is 3. The molecular formula is C23H23ClN6O3S. The average Bonchev–Trinajstić information content (AvgIpc) is 3.18. The van der Waals surface area contributed by atoms with Crippen LogP contribution in [0.2, 0.25) is 5.02 Å². The molecule has 0 bridgehead atoms. The highest BCUT2D eigenvalue weighted by Gasteiger charge is 2.27. The fourth-order valence-electron chi connectivity index (χ4n) is 3.59. The molecule has 11 heteroatoms. The molecule has 3 N–H and O–H groups in total. The van der Waals surface area contributed by atoms with Crippen molar-refractivity contribution < 1.29 is 14.4 Å². The molecule has 2 heterocycles. The molecule has 1 aromatic heterocycles. The smallest absolute Gasteiger partial charge is 0.321 e. The molecule has 0 saturated carbocycles. The first-order valence-corrected chi connectivity index (χ1v) is 12.0. The Morgan fingerprint density at radius 3 is 2.79 bits per heavy atom. The first-order valence-electron chi connectivity index (χ1n) is 10.6. The maximum atomic E-state index is 12.5. The van der Waals surface area contributed by atoms with Crippen LogP contribution < -0.4 is 16.0 Å². The maximum absolute atomic E-state index is 12.5. The van der Waals surface area contributed by atoms with Crippen LogP contribution in [-0.2, 0) is 22.6 Å². The van der Waals surface area contributed by atoms with Crippen molar-refractivity contribution in [1.82, 2.24) is 30.7 Å². The summed E-state index contributed by atoms with van der Waals surface area (Å²) in [5.41, 5.74) is 2.73. The Balaban J connectivity index is 1.49. The molecule has 1 fully saturated rings. The number of rotatable bonds is 8. The summed E-state index contributed by atoms with van der Waals surface area (Å²) < 4.78 is 1.86. The van der Waals surface area contributed by atoms with Crippen molar-refractivity contribution >= 4 is 41.2 Å². The fourth-order valence-corrected chi connectivity index (χ4v) is 4.59. The van der Waals surface area contributed by atoms with Crippen LogP contribution in [0.25, 0.3) is 5.69 Å². The number of nitrogens with zero attached hydrogens (tertiary/aromatic N) is 3. The third-order valence-electron chi connectivity index (χ3n) is 5.18. The second kappa shape index (κ2) is 10.7. The molecule has 2 aromatic carbocycles. The highest BCUT2D eigenvalue weighted by Crippen LogP contribution is 2.24. The second-order valence-electron chi connectivity index (χ2n) is 7.86. The Morgan fingerprint density at radius 2 is 2.03 bits per heavy atom. The van der Waals surface area contributed by atoms with E-state index < -0.39 is 12.1 Å². The van der Waals surface area contributed by atoms with Crippen molar-refractivity contribution in [1.29, 1.82) is 0 Å². The quantitative estimate of drug-likeness (QED) is 0.411. The molecule has 9 nitrogen and oxygen atoms in total. The Labute approximate surface area is 205 Å². The Morgan fingerprint density at radius 1 is 1.21 bits per heavy atom. The number of imide groups is 1. The largest absolute Gasteiger partial charge is 0.351 e. The van der Waals surface area contributed by atoms with Crippen LogP contribution in [0.3, 0.4) is 0 Å². The normalized spacial score (nSPS) is 15.5. The van der Waals surface area contributed by atoms with E-state index in [1.165, 1.54) is 11.8 Å². The van der Waals surface area contributed by atoms with Gasteiger partial charge in [0.25, 0.3) is 0 Å². The van der Waals surface area contributed by atoms with Gasteiger partial charge >= 0.3 is 6.03 Å². The lowest BCUT2D eigenvalue weighted by molar-refractivity contribution is -0.121. The molecular weight excluding hydrogens is 476 g/mol. The average molecular weight is 499 g/mol. The molecule has 0 radical (unpaired) electrons. The molecule has 0 spiro atoms. The molecule has 34 heavy (non-hydrogen) atoms. The summed E-state index contributed by atoms with van der Waals surface area (Å²) in [6.45, 7) is 2.31. The van der Waals surface area contributed by atoms with E-state index in [-0.39, 0.29) is 24.0 Å². The van der Waals surface area contributed by atoms with Gasteiger partial charge in [-0.15, -0.1) is 10.2 Å². The van der Waals surface area contributed by atoms with Crippen LogP contribution >= 0.6 is 23.4 Å². The molecule has 3 aromatic rings. The van der Waals surface area contributed by atoms with Gasteiger partial charge in [0.05, 0.1) is 5.75 Å². The van der Waals surface area contributed by atoms with E-state index in [0.717, 1.165) is 16.8 Å². The number of urea groups is 1. The number of halogens is 1. The van der Waals surface area contributed by atoms with E-state index in [2.05, 4.69) is 26.1 Å². The summed E-state index contributed by atoms with van der Waals surface area (Å²) in [7, 11) is 0. The van der Waals surface area contributed by atoms with Crippen LogP contribution in [0.15, 0.2) is 53.7 Å². The molecule has 1 atom stereocenters. The Kier molecular flexibility index (Phi) is 7.49. The summed E-state index contributed by atoms with van der Waals surface area (Å²) in [6.07, 6.45) is 0.471. The first-order chi connectivity index (χ1) is 16.4. The Hall–Kier alpha value is -3.37. The number of carbonyl (C=O) groups excluding carboxylic acids is 3. The van der Waals surface area contributed by atoms with Crippen LogP contribution in [-0.4, -0.2) is 44.4 Å². The van der Waals surface area contributed by atoms with Crippen LogP contribution in [0.1, 0.15) is 23.4 Å². The van der Waals surface area contributed by atoms with Crippen molar-refractivity contribution in [2.75, 3.05) is 5.75 Å². The molecule has 1 aliphatic rings. The third kappa shape index (κ3) is 5.95. The summed E-state index contributed by atoms with van der Waals surface area (Å²) >= 11 is 7.41. The molecule has 4 amide bonds. The molecule has 0 aliphatic carbocycles. The lowest BCUT2D eigenvalue weighted by Crippen LogP contribution is -2.53. The van der Waals surface area contributed by atoms with Gasteiger partial charge in [-0.25, -0.2) is 4.79 Å². The molecule has 1 aliphatic heterocycles. The molecule has 1 saturated heterocycles. The predicted octanol–water partition coefficient (Wildman–Crippen LogP) is 2.78. The Bertz CT molecular complexity index is 1210. The van der Waals surface area contributed by atoms with E-state index in [1.54, 1.807) is 6.07 Å². The zero-order valence-electron chi connectivity index (χ0n) is 18.4. The van der Waals surface area contributed by atoms with Crippen molar-refractivity contribution in [3.05, 3.63) is 70.5 Å². The van der Waals surface area contributed by atoms with E-state index in [0.29, 0.717) is 29.0 Å². The van der Waals surface area contributed by atoms with Crippen molar-refractivity contribution in [2.45, 2.75) is 37.5 Å². The van der Waals surface area contributed by atoms with Crippen molar-refractivity contribution in [2.24, 2.45) is 0 Å². The summed E-state index contributed by atoms with van der Waals surface area (Å²) in [4.78, 5) is 35.9. The summed E-state index contributed by atoms with van der Waals surface area (Å²) in [5.74, 6) is 0.225. The molecule has 176 valence electrons. The van der Waals surface area contributed by atoms with Gasteiger partial charge < -0.3 is 10.6 Å². The van der Waals surface area contributed by atoms with Gasteiger partial charge in [-0.3, -0.25) is 19.5 Å². The van der Waals surface area contributed by atoms with E-state index in [1.807, 2.05) is 54.0 Å². The standard InChI is InChI=1S/C23H23ClN6O3S/c1-14-5-4-7-17(9-14)30-19(10-16-11-20(31)27-22(33)26-16)28-29-23(30)34-13-21(32)25-12-15-6-2-3-8-18(15)24/h2-9,16H,10-13H2,1H3,(H,25,32)(H2,26,27,31,33). The van der Waals surface area contributed by atoms with Crippen molar-refractivity contribution in [3.63, 3.8) is 0 Å². The van der Waals surface area contributed by atoms with Gasteiger partial charge in [-0.1, -0.05) is 53.7 Å². The minimum absolute atomic E-state index is 0.136. The number of amides is 4. The molecule has 4 rings (SSSR count). The van der Waals surface area contributed by atoms with E-state index >= 15 is 0 Å². The number of hydrogen-bond acceptors (Lipinski definition) is 6. The number of aryl methyl sites for hydroxylation is 1. The highest BCUT2D eigenvalue weighted by molar-refractivity contribution is 7.99. The van der Waals surface area contributed by atoms with Crippen LogP contribution in [0.4, 0.5) is 4.79 Å². The number of hydrogen-bond donors (Lipinski definition) is 3. The lowest BCUT2D eigenvalue weighted by Gasteiger charge is -2.23. The van der Waals surface area contributed by atoms with E-state index in [9.17, 15) is 14.4 Å². The second-order valence-corrected chi connectivity index (χ2v) is 9.21. The maximum Gasteiger partial charge on any atom is 0.321 e. The number of aromatic nitrogens is 3. The van der Waals surface area contributed by atoms with Gasteiger partial charge in [0, 0.05) is 36.1 Å². The zero-order chi connectivity index (χ0) is 24.1. The zero-order valence-corrected chi connectivity index (χ0v) is 19.9.